The van der Waals surface area contributed by atoms with Crippen LogP contribution in [0, 0.1) is 5.92 Å². The standard InChI is InChI=1S/C53H46N2S/c1-52(2)43-14-6-9-17-48(43)55(49-18-10-7-15-44(49)52)38-24-28-51-42(32-38)41-30-34(22-27-50(41)56-51)19-20-35-21-25-39-40-26-23-37(33-46(40)53(3,4)45(39)31-35)54-29-11-13-36-12-5-8-16-47(36)54/h5-10,12,14-28,30-33,40,46H,11,13,29H2,1-4H3/b20-19+. The highest BCUT2D eigenvalue weighted by molar-refractivity contribution is 7.25. The lowest BCUT2D eigenvalue weighted by Gasteiger charge is -2.42. The average molecular weight is 743 g/mol. The zero-order valence-corrected chi connectivity index (χ0v) is 33.4. The summed E-state index contributed by atoms with van der Waals surface area (Å²) in [5, 5.41) is 2.63. The molecule has 2 atom stereocenters. The first-order valence-electron chi connectivity index (χ1n) is 20.3. The van der Waals surface area contributed by atoms with Gasteiger partial charge in [0.1, 0.15) is 0 Å². The molecule has 0 saturated carbocycles. The molecule has 0 bridgehead atoms. The molecule has 3 heteroatoms. The van der Waals surface area contributed by atoms with Crippen molar-refractivity contribution in [3.8, 4) is 0 Å². The number of thiophene rings is 1. The summed E-state index contributed by atoms with van der Waals surface area (Å²) in [5.74, 6) is 0.850. The first kappa shape index (κ1) is 33.7. The van der Waals surface area contributed by atoms with Crippen LogP contribution < -0.4 is 9.80 Å². The van der Waals surface area contributed by atoms with Gasteiger partial charge in [-0.15, -0.1) is 11.3 Å². The maximum Gasteiger partial charge on any atom is 0.0502 e. The van der Waals surface area contributed by atoms with E-state index in [2.05, 4.69) is 195 Å². The van der Waals surface area contributed by atoms with Crippen LogP contribution in [0.25, 0.3) is 32.3 Å². The Morgan fingerprint density at radius 1 is 0.643 bits per heavy atom. The highest BCUT2D eigenvalue weighted by atomic mass is 32.1. The molecule has 0 saturated heterocycles. The number of aryl methyl sites for hydroxylation is 1. The van der Waals surface area contributed by atoms with Crippen LogP contribution in [0.1, 0.15) is 79.0 Å². The predicted molar refractivity (Wildman–Crippen MR) is 240 cm³/mol. The molecule has 2 unspecified atom stereocenters. The Kier molecular flexibility index (Phi) is 7.48. The van der Waals surface area contributed by atoms with Crippen molar-refractivity contribution in [2.75, 3.05) is 16.3 Å². The minimum Gasteiger partial charge on any atom is -0.342 e. The summed E-state index contributed by atoms with van der Waals surface area (Å²) >= 11 is 1.88. The van der Waals surface area contributed by atoms with E-state index in [9.17, 15) is 0 Å². The number of anilines is 4. The second kappa shape index (κ2) is 12.4. The van der Waals surface area contributed by atoms with Crippen LogP contribution in [-0.2, 0) is 17.3 Å². The minimum absolute atomic E-state index is 0.0342. The van der Waals surface area contributed by atoms with Gasteiger partial charge < -0.3 is 9.80 Å². The fourth-order valence-corrected chi connectivity index (χ4v) is 11.5. The quantitative estimate of drug-likeness (QED) is 0.166. The Morgan fingerprint density at radius 2 is 1.29 bits per heavy atom. The molecule has 2 nitrogen and oxygen atoms in total. The van der Waals surface area contributed by atoms with Crippen LogP contribution in [0.2, 0.25) is 0 Å². The molecule has 11 rings (SSSR count). The molecule has 3 heterocycles. The van der Waals surface area contributed by atoms with Crippen LogP contribution in [0.4, 0.5) is 22.7 Å². The van der Waals surface area contributed by atoms with Crippen molar-refractivity contribution in [2.45, 2.75) is 57.3 Å². The van der Waals surface area contributed by atoms with Crippen molar-refractivity contribution in [2.24, 2.45) is 5.92 Å². The van der Waals surface area contributed by atoms with E-state index in [1.54, 1.807) is 0 Å². The molecule has 2 aliphatic heterocycles. The first-order chi connectivity index (χ1) is 27.3. The smallest absolute Gasteiger partial charge is 0.0502 e. The summed E-state index contributed by atoms with van der Waals surface area (Å²) in [6, 6.07) is 48.0. The van der Waals surface area contributed by atoms with Gasteiger partial charge in [-0.05, 0) is 118 Å². The van der Waals surface area contributed by atoms with Crippen molar-refractivity contribution in [3.63, 3.8) is 0 Å². The number of para-hydroxylation sites is 3. The van der Waals surface area contributed by atoms with Gasteiger partial charge in [-0.1, -0.05) is 131 Å². The number of rotatable bonds is 4. The molecule has 7 aromatic rings. The monoisotopic (exact) mass is 742 g/mol. The van der Waals surface area contributed by atoms with Gasteiger partial charge in [-0.2, -0.15) is 0 Å². The molecule has 0 fully saturated rings. The van der Waals surface area contributed by atoms with Crippen molar-refractivity contribution in [1.82, 2.24) is 0 Å². The van der Waals surface area contributed by atoms with Crippen LogP contribution >= 0.6 is 11.3 Å². The van der Waals surface area contributed by atoms with Crippen LogP contribution in [-0.4, -0.2) is 6.54 Å². The van der Waals surface area contributed by atoms with Crippen LogP contribution in [0.15, 0.2) is 151 Å². The normalized spacial score (nSPS) is 20.1. The number of allylic oxidation sites excluding steroid dienone is 3. The Bertz CT molecular complexity index is 2780. The molecule has 0 N–H and O–H groups in total. The molecule has 2 aliphatic carbocycles. The Labute approximate surface area is 334 Å². The van der Waals surface area contributed by atoms with Crippen molar-refractivity contribution >= 4 is 66.4 Å². The van der Waals surface area contributed by atoms with Gasteiger partial charge in [0.15, 0.2) is 0 Å². The van der Waals surface area contributed by atoms with Crippen LogP contribution in [0.5, 0.6) is 0 Å². The van der Waals surface area contributed by atoms with E-state index in [4.69, 9.17) is 0 Å². The zero-order valence-electron chi connectivity index (χ0n) is 32.6. The van der Waals surface area contributed by atoms with Crippen LogP contribution in [0.3, 0.4) is 0 Å². The highest BCUT2D eigenvalue weighted by Crippen LogP contribution is 2.55. The second-order valence-electron chi connectivity index (χ2n) is 17.3. The molecule has 6 aromatic carbocycles. The molecule has 274 valence electrons. The lowest BCUT2D eigenvalue weighted by molar-refractivity contribution is 0.391. The van der Waals surface area contributed by atoms with Gasteiger partial charge in [0, 0.05) is 55.1 Å². The topological polar surface area (TPSA) is 6.48 Å². The summed E-state index contributed by atoms with van der Waals surface area (Å²) in [7, 11) is 0. The third-order valence-corrected chi connectivity index (χ3v) is 14.6. The molecule has 1 aromatic heterocycles. The summed E-state index contributed by atoms with van der Waals surface area (Å²) in [4.78, 5) is 5.02. The summed E-state index contributed by atoms with van der Waals surface area (Å²) in [6.45, 7) is 10.7. The van der Waals surface area contributed by atoms with E-state index in [1.165, 1.54) is 100 Å². The van der Waals surface area contributed by atoms with E-state index in [0.29, 0.717) is 11.8 Å². The Balaban J connectivity index is 0.911. The SMILES string of the molecule is CC1(C)c2ccccc2N(c2ccc3sc4ccc(/C=C/c5ccc6c(c5)C(C)(C)C5C=C(N7CCCc8ccccc87)C=CC65)cc4c3c2)c2ccccc21. The highest BCUT2D eigenvalue weighted by Gasteiger charge is 2.45. The van der Waals surface area contributed by atoms with E-state index < -0.39 is 0 Å². The largest absolute Gasteiger partial charge is 0.342 e. The number of fused-ring (bicyclic) bond motifs is 9. The first-order valence-corrected chi connectivity index (χ1v) is 21.1. The summed E-state index contributed by atoms with van der Waals surface area (Å²) in [6.07, 6.45) is 14.4. The fourth-order valence-electron chi connectivity index (χ4n) is 10.5. The van der Waals surface area contributed by atoms with E-state index in [0.717, 1.165) is 6.54 Å². The fraction of sp³-hybridized carbons (Fsp3) is 0.208. The van der Waals surface area contributed by atoms with Gasteiger partial charge in [0.05, 0.1) is 11.4 Å². The van der Waals surface area contributed by atoms with Gasteiger partial charge >= 0.3 is 0 Å². The van der Waals surface area contributed by atoms with Crippen molar-refractivity contribution in [1.29, 1.82) is 0 Å². The van der Waals surface area contributed by atoms with E-state index in [-0.39, 0.29) is 10.8 Å². The summed E-state index contributed by atoms with van der Waals surface area (Å²) < 4.78 is 2.65. The van der Waals surface area contributed by atoms with Gasteiger partial charge in [0.2, 0.25) is 0 Å². The van der Waals surface area contributed by atoms with Gasteiger partial charge in [-0.25, -0.2) is 0 Å². The molecular weight excluding hydrogens is 697 g/mol. The molecule has 0 amide bonds. The van der Waals surface area contributed by atoms with Crippen molar-refractivity contribution in [3.05, 3.63) is 190 Å². The molecular formula is C53H46N2S. The molecule has 4 aliphatic rings. The minimum atomic E-state index is -0.0745. The number of benzene rings is 6. The Hall–Kier alpha value is -5.64. The van der Waals surface area contributed by atoms with Gasteiger partial charge in [-0.3, -0.25) is 0 Å². The van der Waals surface area contributed by atoms with E-state index in [1.807, 2.05) is 11.3 Å². The Morgan fingerprint density at radius 3 is 2.05 bits per heavy atom. The second-order valence-corrected chi connectivity index (χ2v) is 18.4. The van der Waals surface area contributed by atoms with Gasteiger partial charge in [0.25, 0.3) is 0 Å². The molecule has 0 radical (unpaired) electrons. The van der Waals surface area contributed by atoms with E-state index >= 15 is 0 Å². The summed E-state index contributed by atoms with van der Waals surface area (Å²) in [5.41, 5.74) is 16.0. The maximum atomic E-state index is 2.58. The number of hydrogen-bond acceptors (Lipinski definition) is 3. The number of hydrogen-bond donors (Lipinski definition) is 0. The third-order valence-electron chi connectivity index (χ3n) is 13.4. The number of nitrogens with zero attached hydrogens (tertiary/aromatic N) is 2. The third kappa shape index (κ3) is 5.06. The molecule has 56 heavy (non-hydrogen) atoms. The lowest BCUT2D eigenvalue weighted by Crippen LogP contribution is -2.32. The lowest BCUT2D eigenvalue weighted by atomic mass is 9.73. The molecule has 0 spiro atoms. The average Bonchev–Trinajstić information content (AvgIpc) is 3.70. The zero-order chi connectivity index (χ0) is 37.8. The predicted octanol–water partition coefficient (Wildman–Crippen LogP) is 14.2. The van der Waals surface area contributed by atoms with Crippen molar-refractivity contribution < 1.29 is 0 Å². The maximum absolute atomic E-state index is 2.58.